The summed E-state index contributed by atoms with van der Waals surface area (Å²) < 4.78 is 5.64. The van der Waals surface area contributed by atoms with Crippen LogP contribution in [0.15, 0.2) is 0 Å². The zero-order valence-corrected chi connectivity index (χ0v) is 13.4. The van der Waals surface area contributed by atoms with Gasteiger partial charge in [-0.2, -0.15) is 0 Å². The molecule has 20 heavy (non-hydrogen) atoms. The van der Waals surface area contributed by atoms with Crippen LogP contribution >= 0.6 is 0 Å². The molecule has 3 fully saturated rings. The van der Waals surface area contributed by atoms with Crippen LogP contribution < -0.4 is 5.32 Å². The third-order valence-corrected chi connectivity index (χ3v) is 5.68. The Balaban J connectivity index is 1.61. The summed E-state index contributed by atoms with van der Waals surface area (Å²) in [5, 5.41) is 3.80. The maximum atomic E-state index is 5.64. The lowest BCUT2D eigenvalue weighted by Crippen LogP contribution is -2.52. The summed E-state index contributed by atoms with van der Waals surface area (Å²) in [6, 6.07) is 1.60. The molecule has 116 valence electrons. The molecular formula is C17H32N2O. The molecular weight excluding hydrogens is 248 g/mol. The fourth-order valence-corrected chi connectivity index (χ4v) is 3.87. The minimum absolute atomic E-state index is 0.464. The van der Waals surface area contributed by atoms with Crippen LogP contribution in [-0.2, 0) is 4.74 Å². The molecule has 0 aromatic heterocycles. The molecule has 0 spiro atoms. The Morgan fingerprint density at radius 1 is 1.10 bits per heavy atom. The zero-order valence-electron chi connectivity index (χ0n) is 13.4. The number of likely N-dealkylation sites (tertiary alicyclic amines) is 1. The molecule has 0 aromatic carbocycles. The Morgan fingerprint density at radius 2 is 1.85 bits per heavy atom. The molecule has 2 atom stereocenters. The summed E-state index contributed by atoms with van der Waals surface area (Å²) in [4.78, 5) is 2.77. The van der Waals surface area contributed by atoms with Gasteiger partial charge in [0.25, 0.3) is 0 Å². The smallest absolute Gasteiger partial charge is 0.0472 e. The van der Waals surface area contributed by atoms with Gasteiger partial charge in [0.2, 0.25) is 0 Å². The van der Waals surface area contributed by atoms with Crippen molar-refractivity contribution in [1.82, 2.24) is 10.2 Å². The molecule has 2 aliphatic heterocycles. The summed E-state index contributed by atoms with van der Waals surface area (Å²) in [5.74, 6) is 0.875. The second-order valence-corrected chi connectivity index (χ2v) is 7.73. The van der Waals surface area contributed by atoms with Crippen molar-refractivity contribution < 1.29 is 4.74 Å². The molecule has 2 saturated heterocycles. The molecule has 1 aliphatic carbocycles. The van der Waals surface area contributed by atoms with Gasteiger partial charge in [-0.3, -0.25) is 4.90 Å². The predicted molar refractivity (Wildman–Crippen MR) is 82.9 cm³/mol. The number of rotatable bonds is 5. The third kappa shape index (κ3) is 3.75. The number of nitrogens with one attached hydrogen (secondary N) is 1. The van der Waals surface area contributed by atoms with E-state index in [2.05, 4.69) is 24.1 Å². The van der Waals surface area contributed by atoms with Gasteiger partial charge < -0.3 is 10.1 Å². The Bertz CT molecular complexity index is 310. The standard InChI is InChI=1S/C17H32N2O/c1-14-3-4-15(2)19(11-14)13-17(7-9-20-10-8-17)12-18-16-5-6-16/h14-16,18H,3-13H2,1-2H3. The van der Waals surface area contributed by atoms with Gasteiger partial charge >= 0.3 is 0 Å². The van der Waals surface area contributed by atoms with E-state index in [4.69, 9.17) is 4.74 Å². The highest BCUT2D eigenvalue weighted by molar-refractivity contribution is 4.92. The van der Waals surface area contributed by atoms with Gasteiger partial charge in [0.1, 0.15) is 0 Å². The van der Waals surface area contributed by atoms with Crippen molar-refractivity contribution in [2.24, 2.45) is 11.3 Å². The topological polar surface area (TPSA) is 24.5 Å². The van der Waals surface area contributed by atoms with Crippen molar-refractivity contribution in [2.75, 3.05) is 32.8 Å². The molecule has 3 nitrogen and oxygen atoms in total. The van der Waals surface area contributed by atoms with Crippen molar-refractivity contribution in [2.45, 2.75) is 64.5 Å². The van der Waals surface area contributed by atoms with Crippen molar-refractivity contribution in [1.29, 1.82) is 0 Å². The predicted octanol–water partition coefficient (Wildman–Crippen LogP) is 2.66. The van der Waals surface area contributed by atoms with Gasteiger partial charge in [-0.1, -0.05) is 6.92 Å². The first-order valence-electron chi connectivity index (χ1n) is 8.72. The van der Waals surface area contributed by atoms with E-state index in [1.807, 2.05) is 0 Å². The van der Waals surface area contributed by atoms with Crippen molar-refractivity contribution in [3.8, 4) is 0 Å². The van der Waals surface area contributed by atoms with Gasteiger partial charge in [0, 0.05) is 44.9 Å². The first-order valence-corrected chi connectivity index (χ1v) is 8.72. The van der Waals surface area contributed by atoms with Crippen LogP contribution in [0.1, 0.15) is 52.4 Å². The SMILES string of the molecule is CC1CCC(C)N(CC2(CNC3CC3)CCOCC2)C1. The lowest BCUT2D eigenvalue weighted by molar-refractivity contribution is -0.0204. The fourth-order valence-electron chi connectivity index (χ4n) is 3.87. The molecule has 2 heterocycles. The van der Waals surface area contributed by atoms with Crippen LogP contribution in [0.3, 0.4) is 0 Å². The summed E-state index contributed by atoms with van der Waals surface area (Å²) in [7, 11) is 0. The van der Waals surface area contributed by atoms with Gasteiger partial charge in [-0.25, -0.2) is 0 Å². The van der Waals surface area contributed by atoms with E-state index in [1.54, 1.807) is 0 Å². The van der Waals surface area contributed by atoms with E-state index in [-0.39, 0.29) is 0 Å². The molecule has 1 N–H and O–H groups in total. The van der Waals surface area contributed by atoms with Crippen LogP contribution in [0.5, 0.6) is 0 Å². The number of ether oxygens (including phenoxy) is 1. The van der Waals surface area contributed by atoms with Gasteiger partial charge in [-0.05, 0) is 56.8 Å². The Morgan fingerprint density at radius 3 is 2.55 bits per heavy atom. The molecule has 0 bridgehead atoms. The molecule has 0 aromatic rings. The van der Waals surface area contributed by atoms with Gasteiger partial charge in [-0.15, -0.1) is 0 Å². The van der Waals surface area contributed by atoms with Crippen molar-refractivity contribution in [3.63, 3.8) is 0 Å². The van der Waals surface area contributed by atoms with Crippen LogP contribution in [-0.4, -0.2) is 49.8 Å². The normalized spacial score (nSPS) is 35.1. The van der Waals surface area contributed by atoms with E-state index >= 15 is 0 Å². The lowest BCUT2D eigenvalue weighted by atomic mass is 9.78. The number of nitrogens with zero attached hydrogens (tertiary/aromatic N) is 1. The molecule has 0 amide bonds. The molecule has 3 heteroatoms. The van der Waals surface area contributed by atoms with Crippen LogP contribution in [0.2, 0.25) is 0 Å². The average Bonchev–Trinajstić information content (AvgIpc) is 3.26. The van der Waals surface area contributed by atoms with E-state index in [0.29, 0.717) is 5.41 Å². The quantitative estimate of drug-likeness (QED) is 0.838. The summed E-state index contributed by atoms with van der Waals surface area (Å²) in [6.07, 6.45) is 8.06. The maximum Gasteiger partial charge on any atom is 0.0472 e. The second-order valence-electron chi connectivity index (χ2n) is 7.73. The number of piperidine rings is 1. The number of hydrogen-bond acceptors (Lipinski definition) is 3. The average molecular weight is 280 g/mol. The molecule has 1 saturated carbocycles. The van der Waals surface area contributed by atoms with Crippen molar-refractivity contribution >= 4 is 0 Å². The fraction of sp³-hybridized carbons (Fsp3) is 1.00. The highest BCUT2D eigenvalue weighted by atomic mass is 16.5. The first kappa shape index (κ1) is 14.8. The monoisotopic (exact) mass is 280 g/mol. The Labute approximate surface area is 124 Å². The zero-order chi connectivity index (χ0) is 14.0. The Kier molecular flexibility index (Phi) is 4.68. The van der Waals surface area contributed by atoms with Gasteiger partial charge in [0.05, 0.1) is 0 Å². The number of hydrogen-bond donors (Lipinski definition) is 1. The van der Waals surface area contributed by atoms with E-state index < -0.39 is 0 Å². The van der Waals surface area contributed by atoms with Crippen LogP contribution in [0.25, 0.3) is 0 Å². The Hall–Kier alpha value is -0.120. The van der Waals surface area contributed by atoms with E-state index in [1.165, 1.54) is 58.2 Å². The van der Waals surface area contributed by atoms with Crippen molar-refractivity contribution in [3.05, 3.63) is 0 Å². The van der Waals surface area contributed by atoms with E-state index in [0.717, 1.165) is 31.2 Å². The van der Waals surface area contributed by atoms with E-state index in [9.17, 15) is 0 Å². The summed E-state index contributed by atoms with van der Waals surface area (Å²) in [6.45, 7) is 10.5. The summed E-state index contributed by atoms with van der Waals surface area (Å²) in [5.41, 5.74) is 0.464. The maximum absolute atomic E-state index is 5.64. The minimum atomic E-state index is 0.464. The van der Waals surface area contributed by atoms with Gasteiger partial charge in [0.15, 0.2) is 0 Å². The first-order chi connectivity index (χ1) is 9.67. The highest BCUT2D eigenvalue weighted by Crippen LogP contribution is 2.35. The molecule has 3 rings (SSSR count). The molecule has 0 radical (unpaired) electrons. The third-order valence-electron chi connectivity index (χ3n) is 5.68. The highest BCUT2D eigenvalue weighted by Gasteiger charge is 2.38. The largest absolute Gasteiger partial charge is 0.381 e. The minimum Gasteiger partial charge on any atom is -0.381 e. The molecule has 3 aliphatic rings. The van der Waals surface area contributed by atoms with Crippen LogP contribution in [0, 0.1) is 11.3 Å². The summed E-state index contributed by atoms with van der Waals surface area (Å²) >= 11 is 0. The molecule has 2 unspecified atom stereocenters. The second kappa shape index (κ2) is 6.33. The lowest BCUT2D eigenvalue weighted by Gasteiger charge is -2.46. The van der Waals surface area contributed by atoms with Crippen LogP contribution in [0.4, 0.5) is 0 Å².